The molecule has 2 aromatic rings. The Morgan fingerprint density at radius 3 is 1.54 bits per heavy atom. The molecule has 0 radical (unpaired) electrons. The van der Waals surface area contributed by atoms with E-state index in [4.69, 9.17) is 5.73 Å². The van der Waals surface area contributed by atoms with Crippen LogP contribution in [0.15, 0.2) is 0 Å². The molecule has 0 aliphatic rings. The highest BCUT2D eigenvalue weighted by Gasteiger charge is 2.38. The smallest absolute Gasteiger partial charge is 0.504 e. The molecule has 0 spiro atoms. The minimum Gasteiger partial charge on any atom is -0.504 e. The first kappa shape index (κ1) is 19.1. The van der Waals surface area contributed by atoms with Gasteiger partial charge in [-0.05, 0) is 0 Å². The first-order valence-electron chi connectivity index (χ1n) is 6.16. The summed E-state index contributed by atoms with van der Waals surface area (Å²) < 4.78 is 95.2. The highest BCUT2D eigenvalue weighted by molar-refractivity contribution is 5.86. The van der Waals surface area contributed by atoms with Gasteiger partial charge in [-0.1, -0.05) is 0 Å². The molecule has 6 N–H and O–H groups in total. The average molecular weight is 389 g/mol. The Hall–Kier alpha value is -3.25. The molecule has 0 unspecified atom stereocenters. The van der Waals surface area contributed by atoms with Crippen molar-refractivity contribution in [1.82, 2.24) is 0 Å². The van der Waals surface area contributed by atoms with Crippen LogP contribution in [0, 0.1) is 23.3 Å². The first-order chi connectivity index (χ1) is 11.8. The fraction of sp³-hybridized carbons (Fsp3) is 0.0769. The minimum absolute atomic E-state index is 1.63. The molecular weight excluding hydrogens is 383 g/mol. The number of halogens is 7. The second-order valence-corrected chi connectivity index (χ2v) is 4.69. The van der Waals surface area contributed by atoms with Crippen molar-refractivity contribution in [3.63, 3.8) is 0 Å². The van der Waals surface area contributed by atoms with Gasteiger partial charge in [0.05, 0.1) is 11.1 Å². The van der Waals surface area contributed by atoms with Crippen molar-refractivity contribution in [1.29, 1.82) is 0 Å². The number of phenolic OH excluding ortho intramolecular Hbond substituents is 4. The molecule has 0 aliphatic heterocycles. The SMILES string of the molecule is Nc1c(F)c(F)c(-c2c(O)c(O)c(O)c(OC(F)(F)F)c2O)c(F)c1F. The highest BCUT2D eigenvalue weighted by Crippen LogP contribution is 2.57. The fourth-order valence-corrected chi connectivity index (χ4v) is 1.99. The maximum Gasteiger partial charge on any atom is 0.573 e. The van der Waals surface area contributed by atoms with Crippen LogP contribution in [0.3, 0.4) is 0 Å². The number of hydrogen-bond donors (Lipinski definition) is 5. The molecule has 0 amide bonds. The lowest BCUT2D eigenvalue weighted by molar-refractivity contribution is -0.275. The van der Waals surface area contributed by atoms with Gasteiger partial charge in [-0.25, -0.2) is 17.6 Å². The van der Waals surface area contributed by atoms with Crippen molar-refractivity contribution in [2.75, 3.05) is 5.73 Å². The maximum absolute atomic E-state index is 14.0. The summed E-state index contributed by atoms with van der Waals surface area (Å²) in [5.74, 6) is -18.4. The molecule has 0 aliphatic carbocycles. The van der Waals surface area contributed by atoms with Crippen molar-refractivity contribution in [3.8, 4) is 39.9 Å². The Labute approximate surface area is 138 Å². The van der Waals surface area contributed by atoms with Gasteiger partial charge < -0.3 is 30.9 Å². The number of hydrogen-bond acceptors (Lipinski definition) is 6. The van der Waals surface area contributed by atoms with Gasteiger partial charge in [0.25, 0.3) is 0 Å². The van der Waals surface area contributed by atoms with Gasteiger partial charge in [0.2, 0.25) is 17.2 Å². The molecular formula is C13H6F7NO5. The normalized spacial score (nSPS) is 11.7. The number of nitrogen functional groups attached to an aromatic ring is 1. The molecule has 0 heterocycles. The van der Waals surface area contributed by atoms with Crippen LogP contribution in [0.5, 0.6) is 28.7 Å². The zero-order valence-corrected chi connectivity index (χ0v) is 11.9. The van der Waals surface area contributed by atoms with E-state index in [0.29, 0.717) is 0 Å². The fourth-order valence-electron chi connectivity index (χ4n) is 1.99. The Morgan fingerprint density at radius 2 is 1.12 bits per heavy atom. The highest BCUT2D eigenvalue weighted by atomic mass is 19.4. The van der Waals surface area contributed by atoms with Crippen molar-refractivity contribution < 1.29 is 55.9 Å². The van der Waals surface area contributed by atoms with E-state index in [2.05, 4.69) is 4.74 Å². The summed E-state index contributed by atoms with van der Waals surface area (Å²) in [5.41, 5.74) is -0.511. The maximum atomic E-state index is 14.0. The standard InChI is InChI=1S/C13H6F7NO5/c14-3-1(4(15)6(17)7(21)5(3)16)2-8(22)10(24)11(25)12(9(2)23)26-13(18,19)20/h22-25H,21H2. The van der Waals surface area contributed by atoms with Crippen LogP contribution in [-0.4, -0.2) is 26.8 Å². The van der Waals surface area contributed by atoms with Crippen molar-refractivity contribution in [3.05, 3.63) is 23.3 Å². The molecule has 13 heteroatoms. The number of phenols is 4. The van der Waals surface area contributed by atoms with E-state index >= 15 is 0 Å². The van der Waals surface area contributed by atoms with Gasteiger partial charge in [-0.3, -0.25) is 0 Å². The van der Waals surface area contributed by atoms with Crippen molar-refractivity contribution in [2.24, 2.45) is 0 Å². The largest absolute Gasteiger partial charge is 0.573 e. The van der Waals surface area contributed by atoms with Gasteiger partial charge in [-0.2, -0.15) is 0 Å². The molecule has 2 aromatic carbocycles. The number of anilines is 1. The van der Waals surface area contributed by atoms with E-state index < -0.39 is 75.2 Å². The molecule has 6 nitrogen and oxygen atoms in total. The lowest BCUT2D eigenvalue weighted by Crippen LogP contribution is -2.17. The topological polar surface area (TPSA) is 116 Å². The molecule has 26 heavy (non-hydrogen) atoms. The van der Waals surface area contributed by atoms with E-state index in [0.717, 1.165) is 0 Å². The summed E-state index contributed by atoms with van der Waals surface area (Å²) in [7, 11) is 0. The van der Waals surface area contributed by atoms with E-state index in [-0.39, 0.29) is 0 Å². The molecule has 2 rings (SSSR count). The lowest BCUT2D eigenvalue weighted by atomic mass is 9.99. The van der Waals surface area contributed by atoms with E-state index in [9.17, 15) is 51.2 Å². The zero-order valence-electron chi connectivity index (χ0n) is 11.9. The molecule has 0 aromatic heterocycles. The van der Waals surface area contributed by atoms with Crippen LogP contribution in [0.2, 0.25) is 0 Å². The van der Waals surface area contributed by atoms with Gasteiger partial charge in [-0.15, -0.1) is 13.2 Å². The number of nitrogens with two attached hydrogens (primary N) is 1. The second kappa shape index (κ2) is 5.93. The summed E-state index contributed by atoms with van der Waals surface area (Å²) in [4.78, 5) is 0. The van der Waals surface area contributed by atoms with E-state index in [1.165, 1.54) is 0 Å². The zero-order chi connectivity index (χ0) is 20.1. The number of ether oxygens (including phenoxy) is 1. The van der Waals surface area contributed by atoms with Crippen molar-refractivity contribution in [2.45, 2.75) is 6.36 Å². The lowest BCUT2D eigenvalue weighted by Gasteiger charge is -2.18. The molecule has 142 valence electrons. The summed E-state index contributed by atoms with van der Waals surface area (Å²) >= 11 is 0. The van der Waals surface area contributed by atoms with Gasteiger partial charge in [0.1, 0.15) is 5.69 Å². The van der Waals surface area contributed by atoms with Crippen LogP contribution >= 0.6 is 0 Å². The number of benzene rings is 2. The third-order valence-electron chi connectivity index (χ3n) is 3.12. The third kappa shape index (κ3) is 2.80. The molecule has 0 saturated carbocycles. The Kier molecular flexibility index (Phi) is 4.35. The van der Waals surface area contributed by atoms with Gasteiger partial charge >= 0.3 is 6.36 Å². The number of aromatic hydroxyl groups is 4. The predicted molar refractivity (Wildman–Crippen MR) is 69.5 cm³/mol. The van der Waals surface area contributed by atoms with Gasteiger partial charge in [0, 0.05) is 0 Å². The van der Waals surface area contributed by atoms with Crippen LogP contribution in [0.25, 0.3) is 11.1 Å². The van der Waals surface area contributed by atoms with E-state index in [1.807, 2.05) is 0 Å². The number of alkyl halides is 3. The van der Waals surface area contributed by atoms with Crippen LogP contribution in [0.4, 0.5) is 36.4 Å². The second-order valence-electron chi connectivity index (χ2n) is 4.69. The minimum atomic E-state index is -5.58. The number of rotatable bonds is 2. The van der Waals surface area contributed by atoms with Crippen LogP contribution < -0.4 is 10.5 Å². The summed E-state index contributed by atoms with van der Waals surface area (Å²) in [6.07, 6.45) is -5.58. The van der Waals surface area contributed by atoms with Crippen molar-refractivity contribution >= 4 is 5.69 Å². The molecule has 0 atom stereocenters. The van der Waals surface area contributed by atoms with Crippen LogP contribution in [0.1, 0.15) is 0 Å². The molecule has 0 saturated heterocycles. The summed E-state index contributed by atoms with van der Waals surface area (Å²) in [6, 6.07) is 0. The van der Waals surface area contributed by atoms with Gasteiger partial charge in [0.15, 0.2) is 34.8 Å². The van der Waals surface area contributed by atoms with Crippen LogP contribution in [-0.2, 0) is 0 Å². The quantitative estimate of drug-likeness (QED) is 0.177. The molecule has 0 bridgehead atoms. The Bertz CT molecular complexity index is 884. The monoisotopic (exact) mass is 389 g/mol. The third-order valence-corrected chi connectivity index (χ3v) is 3.12. The first-order valence-corrected chi connectivity index (χ1v) is 6.16. The Balaban J connectivity index is 2.97. The average Bonchev–Trinajstić information content (AvgIpc) is 2.55. The van der Waals surface area contributed by atoms with E-state index in [1.54, 1.807) is 0 Å². The summed E-state index contributed by atoms with van der Waals surface area (Å²) in [5, 5.41) is 38.1. The molecule has 0 fully saturated rings. The summed E-state index contributed by atoms with van der Waals surface area (Å²) in [6.45, 7) is 0. The Morgan fingerprint density at radius 1 is 0.654 bits per heavy atom. The predicted octanol–water partition coefficient (Wildman–Crippen LogP) is 3.21.